The Balaban J connectivity index is 2.18. The minimum Gasteiger partial charge on any atom is -0.347 e. The number of imidazole rings is 2. The highest BCUT2D eigenvalue weighted by atomic mass is 14.9. The fraction of sp³-hybridized carbons (Fsp3) is 0.0909. The fourth-order valence-electron chi connectivity index (χ4n) is 1.81. The highest BCUT2D eigenvalue weighted by Gasteiger charge is 2.07. The molecule has 3 rings (SSSR count). The van der Waals surface area contributed by atoms with E-state index in [9.17, 15) is 0 Å². The Hall–Kier alpha value is -2.14. The lowest BCUT2D eigenvalue weighted by atomic mass is 10.1. The number of nitrogens with one attached hydrogen (secondary N) is 2. The molecule has 0 aliphatic carbocycles. The molecule has 2 heterocycles. The van der Waals surface area contributed by atoms with E-state index in [2.05, 4.69) is 19.9 Å². The van der Waals surface area contributed by atoms with Crippen LogP contribution in [0.3, 0.4) is 0 Å². The lowest BCUT2D eigenvalue weighted by Gasteiger charge is -2.00. The van der Waals surface area contributed by atoms with E-state index >= 15 is 0 Å². The van der Waals surface area contributed by atoms with Gasteiger partial charge in [-0.05, 0) is 12.1 Å². The highest BCUT2D eigenvalue weighted by molar-refractivity contribution is 5.81. The molecule has 0 atom stereocenters. The maximum atomic E-state index is 5.63. The molecule has 0 bridgehead atoms. The van der Waals surface area contributed by atoms with Gasteiger partial charge in [0.25, 0.3) is 0 Å². The number of aromatic amines is 2. The molecule has 0 fully saturated rings. The molecular weight excluding hydrogens is 202 g/mol. The van der Waals surface area contributed by atoms with Gasteiger partial charge in [-0.15, -0.1) is 0 Å². The Bertz CT molecular complexity index is 622. The van der Waals surface area contributed by atoms with Gasteiger partial charge in [0, 0.05) is 12.1 Å². The number of hydrogen-bond acceptors (Lipinski definition) is 3. The molecule has 1 aromatic carbocycles. The minimum absolute atomic E-state index is 0.455. The second kappa shape index (κ2) is 3.46. The standard InChI is InChI=1S/C11H11N5/c12-4-10-11(16-6-15-10)7-1-2-8-9(3-7)14-5-13-8/h1-3,5-6H,4,12H2,(H,13,14)(H,15,16). The lowest BCUT2D eigenvalue weighted by molar-refractivity contribution is 1.01. The minimum atomic E-state index is 0.455. The summed E-state index contributed by atoms with van der Waals surface area (Å²) in [5, 5.41) is 0. The summed E-state index contributed by atoms with van der Waals surface area (Å²) < 4.78 is 0. The first-order chi connectivity index (χ1) is 7.88. The number of H-pyrrole nitrogens is 2. The highest BCUT2D eigenvalue weighted by Crippen LogP contribution is 2.23. The predicted molar refractivity (Wildman–Crippen MR) is 61.6 cm³/mol. The van der Waals surface area contributed by atoms with E-state index in [0.29, 0.717) is 6.54 Å². The molecule has 0 saturated heterocycles. The van der Waals surface area contributed by atoms with Gasteiger partial charge in [0.05, 0.1) is 35.1 Å². The van der Waals surface area contributed by atoms with Crippen molar-refractivity contribution >= 4 is 11.0 Å². The topological polar surface area (TPSA) is 83.4 Å². The quantitative estimate of drug-likeness (QED) is 0.601. The second-order valence-corrected chi connectivity index (χ2v) is 3.57. The average molecular weight is 213 g/mol. The molecule has 0 saturated carbocycles. The van der Waals surface area contributed by atoms with E-state index in [1.165, 1.54) is 0 Å². The van der Waals surface area contributed by atoms with E-state index in [1.54, 1.807) is 12.7 Å². The van der Waals surface area contributed by atoms with Crippen molar-refractivity contribution in [2.24, 2.45) is 5.73 Å². The van der Waals surface area contributed by atoms with Crippen molar-refractivity contribution in [3.63, 3.8) is 0 Å². The molecule has 80 valence electrons. The monoisotopic (exact) mass is 213 g/mol. The van der Waals surface area contributed by atoms with E-state index in [1.807, 2.05) is 18.2 Å². The van der Waals surface area contributed by atoms with Crippen LogP contribution < -0.4 is 5.73 Å². The summed E-state index contributed by atoms with van der Waals surface area (Å²) in [4.78, 5) is 14.6. The number of aromatic nitrogens is 4. The molecule has 0 radical (unpaired) electrons. The molecule has 5 nitrogen and oxygen atoms in total. The van der Waals surface area contributed by atoms with Crippen molar-refractivity contribution in [1.82, 2.24) is 19.9 Å². The molecule has 4 N–H and O–H groups in total. The summed E-state index contributed by atoms with van der Waals surface area (Å²) in [5.74, 6) is 0. The van der Waals surface area contributed by atoms with Gasteiger partial charge >= 0.3 is 0 Å². The smallest absolute Gasteiger partial charge is 0.0931 e. The first-order valence-corrected chi connectivity index (χ1v) is 5.04. The van der Waals surface area contributed by atoms with Crippen molar-refractivity contribution in [1.29, 1.82) is 0 Å². The number of hydrogen-bond donors (Lipinski definition) is 3. The van der Waals surface area contributed by atoms with Crippen LogP contribution in [0.2, 0.25) is 0 Å². The Morgan fingerprint density at radius 1 is 1.12 bits per heavy atom. The van der Waals surface area contributed by atoms with Crippen LogP contribution in [0.15, 0.2) is 30.9 Å². The fourth-order valence-corrected chi connectivity index (χ4v) is 1.81. The lowest BCUT2D eigenvalue weighted by Crippen LogP contribution is -1.98. The Morgan fingerprint density at radius 3 is 2.88 bits per heavy atom. The van der Waals surface area contributed by atoms with Crippen LogP contribution in [-0.4, -0.2) is 19.9 Å². The van der Waals surface area contributed by atoms with Crippen molar-refractivity contribution in [3.05, 3.63) is 36.5 Å². The van der Waals surface area contributed by atoms with Crippen LogP contribution in [-0.2, 0) is 6.54 Å². The molecule has 0 unspecified atom stereocenters. The van der Waals surface area contributed by atoms with Crippen LogP contribution >= 0.6 is 0 Å². The van der Waals surface area contributed by atoms with Crippen LogP contribution in [0.25, 0.3) is 22.3 Å². The summed E-state index contributed by atoms with van der Waals surface area (Å²) in [6, 6.07) is 5.99. The van der Waals surface area contributed by atoms with Gasteiger partial charge in [-0.2, -0.15) is 0 Å². The summed E-state index contributed by atoms with van der Waals surface area (Å²) in [7, 11) is 0. The van der Waals surface area contributed by atoms with E-state index in [0.717, 1.165) is 28.0 Å². The van der Waals surface area contributed by atoms with E-state index < -0.39 is 0 Å². The van der Waals surface area contributed by atoms with Crippen molar-refractivity contribution in [2.75, 3.05) is 0 Å². The van der Waals surface area contributed by atoms with Gasteiger partial charge in [-0.25, -0.2) is 9.97 Å². The van der Waals surface area contributed by atoms with Gasteiger partial charge in [-0.1, -0.05) is 6.07 Å². The first kappa shape index (κ1) is 9.11. The molecular formula is C11H11N5. The summed E-state index contributed by atoms with van der Waals surface area (Å²) >= 11 is 0. The van der Waals surface area contributed by atoms with Crippen molar-refractivity contribution < 1.29 is 0 Å². The molecule has 0 aliphatic rings. The SMILES string of the molecule is NCc1[nH]cnc1-c1ccc2nc[nH]c2c1. The molecule has 0 spiro atoms. The van der Waals surface area contributed by atoms with Crippen molar-refractivity contribution in [3.8, 4) is 11.3 Å². The number of benzene rings is 1. The van der Waals surface area contributed by atoms with E-state index in [-0.39, 0.29) is 0 Å². The van der Waals surface area contributed by atoms with Crippen LogP contribution in [0.5, 0.6) is 0 Å². The van der Waals surface area contributed by atoms with Gasteiger partial charge in [-0.3, -0.25) is 0 Å². The first-order valence-electron chi connectivity index (χ1n) is 5.04. The third-order valence-corrected chi connectivity index (χ3v) is 2.62. The zero-order chi connectivity index (χ0) is 11.0. The second-order valence-electron chi connectivity index (χ2n) is 3.57. The molecule has 16 heavy (non-hydrogen) atoms. The third kappa shape index (κ3) is 1.30. The number of fused-ring (bicyclic) bond motifs is 1. The number of nitrogens with two attached hydrogens (primary N) is 1. The molecule has 3 aromatic rings. The third-order valence-electron chi connectivity index (χ3n) is 2.62. The molecule has 0 amide bonds. The molecule has 5 heteroatoms. The summed E-state index contributed by atoms with van der Waals surface area (Å²) in [6.45, 7) is 0.455. The summed E-state index contributed by atoms with van der Waals surface area (Å²) in [5.41, 5.74) is 10.5. The van der Waals surface area contributed by atoms with Gasteiger partial charge < -0.3 is 15.7 Å². The van der Waals surface area contributed by atoms with E-state index in [4.69, 9.17) is 5.73 Å². The van der Waals surface area contributed by atoms with Crippen molar-refractivity contribution in [2.45, 2.75) is 6.54 Å². The Morgan fingerprint density at radius 2 is 2.00 bits per heavy atom. The largest absolute Gasteiger partial charge is 0.347 e. The maximum Gasteiger partial charge on any atom is 0.0931 e. The predicted octanol–water partition coefficient (Wildman–Crippen LogP) is 1.41. The number of rotatable bonds is 2. The zero-order valence-electron chi connectivity index (χ0n) is 8.57. The zero-order valence-corrected chi connectivity index (χ0v) is 8.57. The normalized spacial score (nSPS) is 11.1. The number of nitrogens with zero attached hydrogens (tertiary/aromatic N) is 2. The molecule has 0 aliphatic heterocycles. The van der Waals surface area contributed by atoms with Crippen LogP contribution in [0.1, 0.15) is 5.69 Å². The van der Waals surface area contributed by atoms with Gasteiger partial charge in [0.1, 0.15) is 0 Å². The van der Waals surface area contributed by atoms with Gasteiger partial charge in [0.2, 0.25) is 0 Å². The Kier molecular flexibility index (Phi) is 1.97. The summed E-state index contributed by atoms with van der Waals surface area (Å²) in [6.07, 6.45) is 3.34. The maximum absolute atomic E-state index is 5.63. The van der Waals surface area contributed by atoms with Crippen LogP contribution in [0.4, 0.5) is 0 Å². The molecule has 2 aromatic heterocycles. The van der Waals surface area contributed by atoms with Crippen LogP contribution in [0, 0.1) is 0 Å². The Labute approximate surface area is 91.7 Å². The van der Waals surface area contributed by atoms with Gasteiger partial charge in [0.15, 0.2) is 0 Å². The average Bonchev–Trinajstić information content (AvgIpc) is 2.96.